The Morgan fingerprint density at radius 3 is 2.61 bits per heavy atom. The number of aryl methyl sites for hydroxylation is 1. The maximum Gasteiger partial charge on any atom is 0.239 e. The van der Waals surface area contributed by atoms with Crippen LogP contribution in [0.25, 0.3) is 0 Å². The van der Waals surface area contributed by atoms with E-state index in [0.29, 0.717) is 13.1 Å². The molecule has 1 heterocycles. The lowest BCUT2D eigenvalue weighted by molar-refractivity contribution is -0.135. The van der Waals surface area contributed by atoms with Crippen LogP contribution in [-0.2, 0) is 22.7 Å². The van der Waals surface area contributed by atoms with Crippen molar-refractivity contribution in [2.75, 3.05) is 6.54 Å². The number of nitrogens with one attached hydrogen (secondary N) is 1. The predicted octanol–water partition coefficient (Wildman–Crippen LogP) is 2.05. The maximum absolute atomic E-state index is 12.1. The van der Waals surface area contributed by atoms with Crippen molar-refractivity contribution >= 4 is 11.8 Å². The van der Waals surface area contributed by atoms with E-state index in [4.69, 9.17) is 0 Å². The summed E-state index contributed by atoms with van der Waals surface area (Å²) in [6, 6.07) is 11.6. The molecule has 0 aliphatic rings. The summed E-state index contributed by atoms with van der Waals surface area (Å²) in [5.74, 6) is -0.306. The number of nitrogens with zero attached hydrogens (tertiary/aromatic N) is 2. The molecular formula is C18H21N3O2. The van der Waals surface area contributed by atoms with E-state index in [-0.39, 0.29) is 18.4 Å². The van der Waals surface area contributed by atoms with Crippen LogP contribution in [0.3, 0.4) is 0 Å². The van der Waals surface area contributed by atoms with Crippen LogP contribution in [0.4, 0.5) is 0 Å². The number of amides is 2. The molecule has 0 atom stereocenters. The molecule has 2 aromatic rings. The molecule has 5 nitrogen and oxygen atoms in total. The zero-order chi connectivity index (χ0) is 16.7. The molecule has 2 rings (SSSR count). The Labute approximate surface area is 136 Å². The van der Waals surface area contributed by atoms with Crippen molar-refractivity contribution in [3.63, 3.8) is 0 Å². The van der Waals surface area contributed by atoms with Crippen LogP contribution in [0.15, 0.2) is 48.8 Å². The average Bonchev–Trinajstić information content (AvgIpc) is 2.53. The van der Waals surface area contributed by atoms with Crippen LogP contribution in [-0.4, -0.2) is 28.2 Å². The zero-order valence-corrected chi connectivity index (χ0v) is 13.5. The lowest BCUT2D eigenvalue weighted by Gasteiger charge is -2.21. The Balaban J connectivity index is 1.91. The summed E-state index contributed by atoms with van der Waals surface area (Å²) in [4.78, 5) is 29.4. The van der Waals surface area contributed by atoms with Gasteiger partial charge in [0.15, 0.2) is 0 Å². The molecule has 0 unspecified atom stereocenters. The minimum Gasteiger partial charge on any atom is -0.350 e. The quantitative estimate of drug-likeness (QED) is 0.888. The Bertz CT molecular complexity index is 671. The molecule has 0 saturated heterocycles. The van der Waals surface area contributed by atoms with E-state index in [1.165, 1.54) is 11.8 Å². The monoisotopic (exact) mass is 311 g/mol. The topological polar surface area (TPSA) is 62.3 Å². The fourth-order valence-corrected chi connectivity index (χ4v) is 2.24. The number of carbonyl (C=O) groups is 2. The molecule has 0 bridgehead atoms. The standard InChI is InChI=1S/C18H21N3O2/c1-14-5-3-6-16(9-14)12-21(15(2)22)13-18(23)20-11-17-7-4-8-19-10-17/h3-10H,11-13H2,1-2H3,(H,20,23). The minimum atomic E-state index is -0.184. The first-order chi connectivity index (χ1) is 11.0. The van der Waals surface area contributed by atoms with Gasteiger partial charge in [0.05, 0.1) is 6.54 Å². The Kier molecular flexibility index (Phi) is 5.86. The van der Waals surface area contributed by atoms with E-state index in [0.717, 1.165) is 16.7 Å². The van der Waals surface area contributed by atoms with E-state index in [9.17, 15) is 9.59 Å². The van der Waals surface area contributed by atoms with Crippen molar-refractivity contribution in [3.05, 3.63) is 65.5 Å². The van der Waals surface area contributed by atoms with Gasteiger partial charge in [-0.3, -0.25) is 14.6 Å². The zero-order valence-electron chi connectivity index (χ0n) is 13.5. The summed E-state index contributed by atoms with van der Waals surface area (Å²) in [6.07, 6.45) is 3.39. The smallest absolute Gasteiger partial charge is 0.239 e. The summed E-state index contributed by atoms with van der Waals surface area (Å²) in [5.41, 5.74) is 3.07. The van der Waals surface area contributed by atoms with E-state index < -0.39 is 0 Å². The maximum atomic E-state index is 12.1. The average molecular weight is 311 g/mol. The first-order valence-corrected chi connectivity index (χ1v) is 7.51. The van der Waals surface area contributed by atoms with Gasteiger partial charge in [0, 0.05) is 32.4 Å². The summed E-state index contributed by atoms with van der Waals surface area (Å²) in [6.45, 7) is 4.36. The van der Waals surface area contributed by atoms with Crippen LogP contribution in [0, 0.1) is 6.92 Å². The van der Waals surface area contributed by atoms with E-state index in [2.05, 4.69) is 10.3 Å². The van der Waals surface area contributed by atoms with Crippen molar-refractivity contribution in [2.24, 2.45) is 0 Å². The first kappa shape index (κ1) is 16.7. The summed E-state index contributed by atoms with van der Waals surface area (Å²) in [5, 5.41) is 2.81. The largest absolute Gasteiger partial charge is 0.350 e. The van der Waals surface area contributed by atoms with E-state index >= 15 is 0 Å². The van der Waals surface area contributed by atoms with Crippen LogP contribution in [0.5, 0.6) is 0 Å². The third-order valence-corrected chi connectivity index (χ3v) is 3.45. The van der Waals surface area contributed by atoms with E-state index in [1.807, 2.05) is 43.3 Å². The molecule has 0 spiro atoms. The molecule has 23 heavy (non-hydrogen) atoms. The van der Waals surface area contributed by atoms with Gasteiger partial charge in [0.2, 0.25) is 11.8 Å². The number of rotatable bonds is 6. The molecule has 2 amide bonds. The van der Waals surface area contributed by atoms with Crippen molar-refractivity contribution < 1.29 is 9.59 Å². The van der Waals surface area contributed by atoms with Crippen molar-refractivity contribution in [1.29, 1.82) is 0 Å². The van der Waals surface area contributed by atoms with Gasteiger partial charge in [-0.2, -0.15) is 0 Å². The highest BCUT2D eigenvalue weighted by Crippen LogP contribution is 2.08. The molecule has 120 valence electrons. The second-order valence-electron chi connectivity index (χ2n) is 5.50. The number of carbonyl (C=O) groups excluding carboxylic acids is 2. The third kappa shape index (κ3) is 5.54. The van der Waals surface area contributed by atoms with Crippen molar-refractivity contribution in [2.45, 2.75) is 26.9 Å². The second-order valence-corrected chi connectivity index (χ2v) is 5.50. The highest BCUT2D eigenvalue weighted by atomic mass is 16.2. The Hall–Kier alpha value is -2.69. The molecule has 0 radical (unpaired) electrons. The number of hydrogen-bond donors (Lipinski definition) is 1. The summed E-state index contributed by atoms with van der Waals surface area (Å²) < 4.78 is 0. The normalized spacial score (nSPS) is 10.2. The first-order valence-electron chi connectivity index (χ1n) is 7.51. The highest BCUT2D eigenvalue weighted by Gasteiger charge is 2.14. The molecule has 0 saturated carbocycles. The lowest BCUT2D eigenvalue weighted by atomic mass is 10.1. The molecular weight excluding hydrogens is 290 g/mol. The van der Waals surface area contributed by atoms with Gasteiger partial charge in [-0.05, 0) is 24.1 Å². The Morgan fingerprint density at radius 2 is 1.96 bits per heavy atom. The molecule has 0 fully saturated rings. The molecule has 5 heteroatoms. The summed E-state index contributed by atoms with van der Waals surface area (Å²) >= 11 is 0. The number of hydrogen-bond acceptors (Lipinski definition) is 3. The van der Waals surface area contributed by atoms with Crippen LogP contribution < -0.4 is 5.32 Å². The number of benzene rings is 1. The van der Waals surface area contributed by atoms with Gasteiger partial charge >= 0.3 is 0 Å². The minimum absolute atomic E-state index is 0.0452. The van der Waals surface area contributed by atoms with Crippen LogP contribution >= 0.6 is 0 Å². The Morgan fingerprint density at radius 1 is 1.17 bits per heavy atom. The SMILES string of the molecule is CC(=O)N(CC(=O)NCc1cccnc1)Cc1cccc(C)c1. The second kappa shape index (κ2) is 8.08. The van der Waals surface area contributed by atoms with Gasteiger partial charge < -0.3 is 10.2 Å². The van der Waals surface area contributed by atoms with Gasteiger partial charge in [-0.1, -0.05) is 35.9 Å². The van der Waals surface area contributed by atoms with Crippen LogP contribution in [0.2, 0.25) is 0 Å². The highest BCUT2D eigenvalue weighted by molar-refractivity contribution is 5.83. The van der Waals surface area contributed by atoms with Gasteiger partial charge in [-0.25, -0.2) is 0 Å². The number of aromatic nitrogens is 1. The summed E-state index contributed by atoms with van der Waals surface area (Å²) in [7, 11) is 0. The van der Waals surface area contributed by atoms with Crippen molar-refractivity contribution in [1.82, 2.24) is 15.2 Å². The third-order valence-electron chi connectivity index (χ3n) is 3.45. The molecule has 1 aromatic carbocycles. The van der Waals surface area contributed by atoms with Gasteiger partial charge in [0.1, 0.15) is 0 Å². The van der Waals surface area contributed by atoms with E-state index in [1.54, 1.807) is 12.4 Å². The predicted molar refractivity (Wildman–Crippen MR) is 88.4 cm³/mol. The lowest BCUT2D eigenvalue weighted by Crippen LogP contribution is -2.39. The van der Waals surface area contributed by atoms with Crippen molar-refractivity contribution in [3.8, 4) is 0 Å². The fraction of sp³-hybridized carbons (Fsp3) is 0.278. The number of pyridine rings is 1. The molecule has 1 N–H and O–H groups in total. The fourth-order valence-electron chi connectivity index (χ4n) is 2.24. The molecule has 0 aliphatic heterocycles. The van der Waals surface area contributed by atoms with Gasteiger partial charge in [0.25, 0.3) is 0 Å². The van der Waals surface area contributed by atoms with Crippen LogP contribution in [0.1, 0.15) is 23.6 Å². The molecule has 0 aliphatic carbocycles. The molecule has 1 aromatic heterocycles. The van der Waals surface area contributed by atoms with Gasteiger partial charge in [-0.15, -0.1) is 0 Å².